The third kappa shape index (κ3) is 2.14. The first kappa shape index (κ1) is 11.2. The predicted molar refractivity (Wildman–Crippen MR) is 42.4 cm³/mol. The van der Waals surface area contributed by atoms with E-state index in [9.17, 15) is 23.3 Å². The van der Waals surface area contributed by atoms with Gasteiger partial charge in [-0.1, -0.05) is 0 Å². The van der Waals surface area contributed by atoms with E-state index >= 15 is 0 Å². The highest BCUT2D eigenvalue weighted by Gasteiger charge is 2.29. The molecule has 0 radical (unpaired) electrons. The molecule has 15 heavy (non-hydrogen) atoms. The minimum absolute atomic E-state index is 0.437. The van der Waals surface area contributed by atoms with Crippen LogP contribution in [0.5, 0.6) is 5.88 Å². The Bertz CT molecular complexity index is 397. The van der Waals surface area contributed by atoms with E-state index in [4.69, 9.17) is 0 Å². The van der Waals surface area contributed by atoms with E-state index in [1.54, 1.807) is 0 Å². The lowest BCUT2D eigenvalue weighted by atomic mass is 10.3. The number of ether oxygens (including phenoxy) is 1. The second-order valence-corrected chi connectivity index (χ2v) is 2.44. The van der Waals surface area contributed by atoms with Gasteiger partial charge in [0.1, 0.15) is 0 Å². The molecule has 0 fully saturated rings. The second kappa shape index (κ2) is 4.11. The van der Waals surface area contributed by atoms with Gasteiger partial charge in [0.15, 0.2) is 5.69 Å². The minimum Gasteiger partial charge on any atom is -0.481 e. The number of alkyl halides is 2. The zero-order valence-corrected chi connectivity index (χ0v) is 7.41. The number of rotatable bonds is 3. The molecular formula is C7H5F3N2O3. The summed E-state index contributed by atoms with van der Waals surface area (Å²) in [7, 11) is 1.09. The third-order valence-corrected chi connectivity index (χ3v) is 1.55. The highest BCUT2D eigenvalue weighted by molar-refractivity contribution is 5.40. The zero-order chi connectivity index (χ0) is 11.6. The molecule has 8 heteroatoms. The number of halogens is 3. The number of hydrogen-bond acceptors (Lipinski definition) is 4. The van der Waals surface area contributed by atoms with Crippen LogP contribution in [0.4, 0.5) is 18.9 Å². The van der Waals surface area contributed by atoms with Crippen LogP contribution in [0.1, 0.15) is 12.1 Å². The molecule has 0 saturated heterocycles. The molecule has 0 atom stereocenters. The van der Waals surface area contributed by atoms with Gasteiger partial charge in [0.05, 0.1) is 12.0 Å². The van der Waals surface area contributed by atoms with Crippen LogP contribution in [0.2, 0.25) is 0 Å². The Kier molecular flexibility index (Phi) is 3.08. The Morgan fingerprint density at radius 2 is 2.20 bits per heavy atom. The largest absolute Gasteiger partial charge is 0.481 e. The van der Waals surface area contributed by atoms with Crippen molar-refractivity contribution < 1.29 is 22.8 Å². The van der Waals surface area contributed by atoms with Crippen molar-refractivity contribution in [1.82, 2.24) is 4.98 Å². The first-order valence-corrected chi connectivity index (χ1v) is 3.64. The molecule has 0 amide bonds. The molecule has 1 aromatic rings. The summed E-state index contributed by atoms with van der Waals surface area (Å²) in [6, 6.07) is 0.573. The Hall–Kier alpha value is -1.86. The average Bonchev–Trinajstić information content (AvgIpc) is 2.15. The van der Waals surface area contributed by atoms with E-state index in [2.05, 4.69) is 9.72 Å². The topological polar surface area (TPSA) is 65.3 Å². The van der Waals surface area contributed by atoms with E-state index in [0.29, 0.717) is 6.07 Å². The summed E-state index contributed by atoms with van der Waals surface area (Å²) in [5.41, 5.74) is -2.57. The van der Waals surface area contributed by atoms with Crippen molar-refractivity contribution in [2.75, 3.05) is 7.11 Å². The molecule has 1 heterocycles. The maximum Gasteiger partial charge on any atom is 0.332 e. The number of pyridine rings is 1. The highest BCUT2D eigenvalue weighted by atomic mass is 19.3. The summed E-state index contributed by atoms with van der Waals surface area (Å²) in [5, 5.41) is 10.3. The SMILES string of the molecule is COc1cc(F)c([N+](=O)[O-])c(C(F)F)n1. The minimum atomic E-state index is -3.24. The van der Waals surface area contributed by atoms with Crippen LogP contribution < -0.4 is 4.74 Å². The summed E-state index contributed by atoms with van der Waals surface area (Å²) < 4.78 is 42.0. The fourth-order valence-electron chi connectivity index (χ4n) is 0.941. The number of methoxy groups -OCH3 is 1. The van der Waals surface area contributed by atoms with Crippen molar-refractivity contribution in [3.8, 4) is 5.88 Å². The van der Waals surface area contributed by atoms with Crippen LogP contribution >= 0.6 is 0 Å². The molecule has 0 N–H and O–H groups in total. The number of hydrogen-bond donors (Lipinski definition) is 0. The first-order valence-electron chi connectivity index (χ1n) is 3.64. The van der Waals surface area contributed by atoms with Crippen LogP contribution in [0.25, 0.3) is 0 Å². The molecule has 0 bridgehead atoms. The normalized spacial score (nSPS) is 10.5. The first-order chi connectivity index (χ1) is 6.97. The molecule has 1 aromatic heterocycles. The number of aromatic nitrogens is 1. The third-order valence-electron chi connectivity index (χ3n) is 1.55. The predicted octanol–water partition coefficient (Wildman–Crippen LogP) is 2.08. The molecular weight excluding hydrogens is 217 g/mol. The van der Waals surface area contributed by atoms with Crippen LogP contribution in [0.3, 0.4) is 0 Å². The summed E-state index contributed by atoms with van der Waals surface area (Å²) in [6.07, 6.45) is -3.24. The lowest BCUT2D eigenvalue weighted by Crippen LogP contribution is -2.04. The van der Waals surface area contributed by atoms with Gasteiger partial charge in [-0.05, 0) is 0 Å². The zero-order valence-electron chi connectivity index (χ0n) is 7.41. The Morgan fingerprint density at radius 1 is 1.60 bits per heavy atom. The van der Waals surface area contributed by atoms with Gasteiger partial charge < -0.3 is 4.74 Å². The van der Waals surface area contributed by atoms with E-state index in [1.807, 2.05) is 0 Å². The van der Waals surface area contributed by atoms with Crippen molar-refractivity contribution in [2.24, 2.45) is 0 Å². The van der Waals surface area contributed by atoms with Crippen LogP contribution in [-0.4, -0.2) is 17.0 Å². The maximum absolute atomic E-state index is 13.0. The van der Waals surface area contributed by atoms with Gasteiger partial charge in [0.2, 0.25) is 11.7 Å². The van der Waals surface area contributed by atoms with Crippen LogP contribution in [0, 0.1) is 15.9 Å². The molecule has 0 aliphatic heterocycles. The summed E-state index contributed by atoms with van der Waals surface area (Å²) in [5.74, 6) is -1.84. The lowest BCUT2D eigenvalue weighted by molar-refractivity contribution is -0.389. The Labute approximate surface area is 81.6 Å². The fourth-order valence-corrected chi connectivity index (χ4v) is 0.941. The van der Waals surface area contributed by atoms with Gasteiger partial charge in [-0.25, -0.2) is 13.8 Å². The standard InChI is InChI=1S/C7H5F3N2O3/c1-15-4-2-3(8)6(12(13)14)5(11-4)7(9)10/h2,7H,1H3. The van der Waals surface area contributed by atoms with E-state index < -0.39 is 34.4 Å². The molecule has 1 rings (SSSR count). The highest BCUT2D eigenvalue weighted by Crippen LogP contribution is 2.31. The van der Waals surface area contributed by atoms with Crippen LogP contribution in [-0.2, 0) is 0 Å². The van der Waals surface area contributed by atoms with Gasteiger partial charge in [-0.3, -0.25) is 10.1 Å². The van der Waals surface area contributed by atoms with Gasteiger partial charge in [-0.15, -0.1) is 0 Å². The fraction of sp³-hybridized carbons (Fsp3) is 0.286. The van der Waals surface area contributed by atoms with Crippen molar-refractivity contribution in [1.29, 1.82) is 0 Å². The average molecular weight is 222 g/mol. The van der Waals surface area contributed by atoms with Crippen LogP contribution in [0.15, 0.2) is 6.07 Å². The molecule has 82 valence electrons. The van der Waals surface area contributed by atoms with Crippen molar-refractivity contribution >= 4 is 5.69 Å². The molecule has 0 aliphatic carbocycles. The molecule has 0 aliphatic rings. The molecule has 0 saturated carbocycles. The van der Waals surface area contributed by atoms with E-state index in [-0.39, 0.29) is 0 Å². The molecule has 0 unspecified atom stereocenters. The van der Waals surface area contributed by atoms with Gasteiger partial charge in [0, 0.05) is 6.07 Å². The summed E-state index contributed by atoms with van der Waals surface area (Å²) in [6.45, 7) is 0. The van der Waals surface area contributed by atoms with Crippen molar-refractivity contribution in [3.63, 3.8) is 0 Å². The smallest absolute Gasteiger partial charge is 0.332 e. The Balaban J connectivity index is 3.42. The quantitative estimate of drug-likeness (QED) is 0.580. The maximum atomic E-state index is 13.0. The lowest BCUT2D eigenvalue weighted by Gasteiger charge is -2.04. The number of nitro groups is 1. The van der Waals surface area contributed by atoms with Gasteiger partial charge in [-0.2, -0.15) is 4.39 Å². The number of nitrogens with zero attached hydrogens (tertiary/aromatic N) is 2. The van der Waals surface area contributed by atoms with Crippen molar-refractivity contribution in [3.05, 3.63) is 27.7 Å². The molecule has 0 spiro atoms. The monoisotopic (exact) mass is 222 g/mol. The van der Waals surface area contributed by atoms with Gasteiger partial charge in [0.25, 0.3) is 6.43 Å². The molecule has 5 nitrogen and oxygen atoms in total. The van der Waals surface area contributed by atoms with Gasteiger partial charge >= 0.3 is 5.69 Å². The van der Waals surface area contributed by atoms with E-state index in [1.165, 1.54) is 0 Å². The van der Waals surface area contributed by atoms with Crippen molar-refractivity contribution in [2.45, 2.75) is 6.43 Å². The summed E-state index contributed by atoms with van der Waals surface area (Å²) >= 11 is 0. The molecule has 0 aromatic carbocycles. The Morgan fingerprint density at radius 3 is 2.60 bits per heavy atom. The summed E-state index contributed by atoms with van der Waals surface area (Å²) in [4.78, 5) is 12.2. The van der Waals surface area contributed by atoms with E-state index in [0.717, 1.165) is 7.11 Å². The second-order valence-electron chi connectivity index (χ2n) is 2.44.